The lowest BCUT2D eigenvalue weighted by molar-refractivity contribution is 0.505. The van der Waals surface area contributed by atoms with Crippen molar-refractivity contribution in [2.45, 2.75) is 44.2 Å². The molecular formula is C16H18N4. The summed E-state index contributed by atoms with van der Waals surface area (Å²) in [4.78, 5) is 12.8. The summed E-state index contributed by atoms with van der Waals surface area (Å²) in [6.45, 7) is 2.05. The van der Waals surface area contributed by atoms with Gasteiger partial charge in [0.1, 0.15) is 6.33 Å². The number of nitrogens with one attached hydrogen (secondary N) is 1. The number of hydrogen-bond donors (Lipinski definition) is 1. The molecule has 2 aromatic heterocycles. The third-order valence-corrected chi connectivity index (χ3v) is 4.71. The van der Waals surface area contributed by atoms with Crippen molar-refractivity contribution in [1.82, 2.24) is 20.3 Å². The fourth-order valence-electron chi connectivity index (χ4n) is 3.68. The van der Waals surface area contributed by atoms with E-state index >= 15 is 0 Å². The molecular weight excluding hydrogens is 248 g/mol. The van der Waals surface area contributed by atoms with Crippen molar-refractivity contribution in [2.75, 3.05) is 0 Å². The van der Waals surface area contributed by atoms with Crippen molar-refractivity contribution in [3.63, 3.8) is 0 Å². The summed E-state index contributed by atoms with van der Waals surface area (Å²) in [6, 6.07) is 3.65. The lowest BCUT2D eigenvalue weighted by Gasteiger charge is -2.21. The van der Waals surface area contributed by atoms with E-state index in [0.29, 0.717) is 12.0 Å². The first kappa shape index (κ1) is 12.0. The minimum atomic E-state index is 0.616. The molecule has 4 nitrogen and oxygen atoms in total. The van der Waals surface area contributed by atoms with Gasteiger partial charge in [0.2, 0.25) is 0 Å². The van der Waals surface area contributed by atoms with Crippen molar-refractivity contribution in [1.29, 1.82) is 0 Å². The van der Waals surface area contributed by atoms with Gasteiger partial charge in [0.15, 0.2) is 0 Å². The van der Waals surface area contributed by atoms with Crippen molar-refractivity contribution >= 4 is 0 Å². The van der Waals surface area contributed by atoms with Gasteiger partial charge in [-0.25, -0.2) is 9.97 Å². The molecule has 2 aliphatic heterocycles. The summed E-state index contributed by atoms with van der Waals surface area (Å²) in [5.74, 6) is 0.616. The van der Waals surface area contributed by atoms with Crippen LogP contribution in [0.25, 0.3) is 11.1 Å². The first-order chi connectivity index (χ1) is 9.81. The maximum atomic E-state index is 4.60. The van der Waals surface area contributed by atoms with E-state index in [1.165, 1.54) is 24.8 Å². The van der Waals surface area contributed by atoms with Gasteiger partial charge in [-0.3, -0.25) is 4.98 Å². The maximum absolute atomic E-state index is 4.60. The van der Waals surface area contributed by atoms with Gasteiger partial charge < -0.3 is 5.32 Å². The summed E-state index contributed by atoms with van der Waals surface area (Å²) in [5, 5.41) is 3.70. The van der Waals surface area contributed by atoms with E-state index in [1.807, 2.05) is 19.3 Å². The number of rotatable bonds is 2. The molecule has 0 saturated carbocycles. The Kier molecular flexibility index (Phi) is 2.77. The molecule has 3 unspecified atom stereocenters. The van der Waals surface area contributed by atoms with Crippen LogP contribution in [0.5, 0.6) is 0 Å². The summed E-state index contributed by atoms with van der Waals surface area (Å²) < 4.78 is 0. The van der Waals surface area contributed by atoms with Gasteiger partial charge >= 0.3 is 0 Å². The third kappa shape index (κ3) is 1.91. The predicted octanol–water partition coefficient (Wildman–Crippen LogP) is 2.45. The van der Waals surface area contributed by atoms with Crippen LogP contribution >= 0.6 is 0 Å². The van der Waals surface area contributed by atoms with E-state index in [1.54, 1.807) is 6.33 Å². The number of hydrogen-bond acceptors (Lipinski definition) is 4. The second-order valence-electron chi connectivity index (χ2n) is 5.92. The van der Waals surface area contributed by atoms with E-state index in [9.17, 15) is 0 Å². The number of fused-ring (bicyclic) bond motifs is 2. The molecule has 4 rings (SSSR count). The molecule has 3 atom stereocenters. The molecule has 1 N–H and O–H groups in total. The van der Waals surface area contributed by atoms with Gasteiger partial charge in [-0.1, -0.05) is 0 Å². The molecule has 2 bridgehead atoms. The van der Waals surface area contributed by atoms with Crippen LogP contribution in [0.3, 0.4) is 0 Å². The quantitative estimate of drug-likeness (QED) is 0.907. The average Bonchev–Trinajstić information content (AvgIpc) is 3.11. The van der Waals surface area contributed by atoms with Crippen LogP contribution in [0, 0.1) is 6.92 Å². The van der Waals surface area contributed by atoms with Crippen molar-refractivity contribution < 1.29 is 0 Å². The molecule has 0 spiro atoms. The minimum absolute atomic E-state index is 0.616. The Morgan fingerprint density at radius 1 is 1.15 bits per heavy atom. The van der Waals surface area contributed by atoms with Crippen LogP contribution in [0.4, 0.5) is 0 Å². The standard InChI is InChI=1S/C16H18N4/c1-10-14(12-6-17-9-18-7-12)4-11(8-19-10)15-5-13-2-3-16(15)20-13/h4,6-9,13,15-16,20H,2-3,5H2,1H3. The second kappa shape index (κ2) is 4.63. The van der Waals surface area contributed by atoms with E-state index in [4.69, 9.17) is 0 Å². The van der Waals surface area contributed by atoms with Crippen LogP contribution in [0.1, 0.15) is 36.4 Å². The molecule has 2 aromatic rings. The molecule has 2 aliphatic rings. The molecule has 4 heterocycles. The molecule has 0 amide bonds. The Hall–Kier alpha value is -1.81. The van der Waals surface area contributed by atoms with E-state index in [2.05, 4.69) is 32.5 Å². The molecule has 2 saturated heterocycles. The van der Waals surface area contributed by atoms with Gasteiger partial charge in [0.05, 0.1) is 0 Å². The highest BCUT2D eigenvalue weighted by Gasteiger charge is 2.39. The van der Waals surface area contributed by atoms with Crippen molar-refractivity contribution in [3.8, 4) is 11.1 Å². The Labute approximate surface area is 118 Å². The van der Waals surface area contributed by atoms with E-state index in [-0.39, 0.29) is 0 Å². The zero-order chi connectivity index (χ0) is 13.5. The highest BCUT2D eigenvalue weighted by molar-refractivity contribution is 5.64. The number of aromatic nitrogens is 3. The van der Waals surface area contributed by atoms with Gasteiger partial charge in [-0.15, -0.1) is 0 Å². The second-order valence-corrected chi connectivity index (χ2v) is 5.92. The molecule has 4 heteroatoms. The van der Waals surface area contributed by atoms with Crippen molar-refractivity contribution in [2.24, 2.45) is 0 Å². The van der Waals surface area contributed by atoms with Gasteiger partial charge in [-0.05, 0) is 37.8 Å². The Bertz CT molecular complexity index is 626. The van der Waals surface area contributed by atoms with Crippen LogP contribution < -0.4 is 5.32 Å². The highest BCUT2D eigenvalue weighted by atomic mass is 15.0. The Morgan fingerprint density at radius 3 is 2.70 bits per heavy atom. The molecule has 0 radical (unpaired) electrons. The van der Waals surface area contributed by atoms with Crippen molar-refractivity contribution in [3.05, 3.63) is 42.2 Å². The van der Waals surface area contributed by atoms with Gasteiger partial charge in [-0.2, -0.15) is 0 Å². The number of nitrogens with zero attached hydrogens (tertiary/aromatic N) is 3. The molecule has 20 heavy (non-hydrogen) atoms. The van der Waals surface area contributed by atoms with Crippen LogP contribution in [-0.2, 0) is 0 Å². The topological polar surface area (TPSA) is 50.7 Å². The summed E-state index contributed by atoms with van der Waals surface area (Å²) in [7, 11) is 0. The first-order valence-electron chi connectivity index (χ1n) is 7.29. The normalized spacial score (nSPS) is 27.9. The lowest BCUT2D eigenvalue weighted by atomic mass is 9.84. The van der Waals surface area contributed by atoms with Gasteiger partial charge in [0.25, 0.3) is 0 Å². The van der Waals surface area contributed by atoms with Crippen LogP contribution in [-0.4, -0.2) is 27.0 Å². The zero-order valence-electron chi connectivity index (χ0n) is 11.6. The highest BCUT2D eigenvalue weighted by Crippen LogP contribution is 2.40. The largest absolute Gasteiger partial charge is 0.311 e. The summed E-state index contributed by atoms with van der Waals surface area (Å²) in [6.07, 6.45) is 11.2. The smallest absolute Gasteiger partial charge is 0.115 e. The predicted molar refractivity (Wildman–Crippen MR) is 77.3 cm³/mol. The Balaban J connectivity index is 1.72. The van der Waals surface area contributed by atoms with Crippen LogP contribution in [0.15, 0.2) is 31.0 Å². The first-order valence-corrected chi connectivity index (χ1v) is 7.29. The monoisotopic (exact) mass is 266 g/mol. The summed E-state index contributed by atoms with van der Waals surface area (Å²) >= 11 is 0. The Morgan fingerprint density at radius 2 is 2.00 bits per heavy atom. The van der Waals surface area contributed by atoms with Crippen LogP contribution in [0.2, 0.25) is 0 Å². The SMILES string of the molecule is Cc1ncc(C2CC3CCC2N3)cc1-c1cncnc1. The maximum Gasteiger partial charge on any atom is 0.115 e. The van der Waals surface area contributed by atoms with E-state index in [0.717, 1.165) is 22.9 Å². The summed E-state index contributed by atoms with van der Waals surface area (Å²) in [5.41, 5.74) is 4.61. The van der Waals surface area contributed by atoms with E-state index < -0.39 is 0 Å². The fourth-order valence-corrected chi connectivity index (χ4v) is 3.68. The molecule has 102 valence electrons. The number of aryl methyl sites for hydroxylation is 1. The fraction of sp³-hybridized carbons (Fsp3) is 0.438. The van der Waals surface area contributed by atoms with Gasteiger partial charge in [0, 0.05) is 53.4 Å². The minimum Gasteiger partial charge on any atom is -0.311 e. The third-order valence-electron chi connectivity index (χ3n) is 4.71. The molecule has 2 fully saturated rings. The lowest BCUT2D eigenvalue weighted by Crippen LogP contribution is -2.21. The molecule has 0 aliphatic carbocycles. The molecule has 0 aromatic carbocycles. The zero-order valence-corrected chi connectivity index (χ0v) is 11.6. The number of pyridine rings is 1. The average molecular weight is 266 g/mol.